The topological polar surface area (TPSA) is 63.1 Å². The minimum Gasteiger partial charge on any atom is -0.478 e. The molecule has 76 valence electrons. The first kappa shape index (κ1) is 9.58. The number of pyridine rings is 2. The number of aromatic carboxylic acids is 1. The number of hydrogen-bond acceptors (Lipinski definition) is 3. The second kappa shape index (κ2) is 3.31. The standard InChI is InChI=1S/C11H10N2O2/c1-6-8-4-3-5-12-10(8)13-7(2)9(6)11(14)15/h3-5H,1-2H3,(H,14,15). The third-order valence-electron chi connectivity index (χ3n) is 2.41. The van der Waals surface area contributed by atoms with E-state index in [-0.39, 0.29) is 5.56 Å². The van der Waals surface area contributed by atoms with E-state index in [1.807, 2.05) is 6.07 Å². The Morgan fingerprint density at radius 2 is 2.13 bits per heavy atom. The van der Waals surface area contributed by atoms with Crippen molar-refractivity contribution in [3.8, 4) is 0 Å². The Kier molecular flexibility index (Phi) is 2.11. The molecule has 2 rings (SSSR count). The van der Waals surface area contributed by atoms with Gasteiger partial charge < -0.3 is 5.11 Å². The van der Waals surface area contributed by atoms with E-state index in [1.165, 1.54) is 0 Å². The van der Waals surface area contributed by atoms with Gasteiger partial charge in [-0.2, -0.15) is 0 Å². The number of carboxylic acids is 1. The Balaban J connectivity index is 2.90. The first-order chi connectivity index (χ1) is 7.11. The third-order valence-corrected chi connectivity index (χ3v) is 2.41. The van der Waals surface area contributed by atoms with Gasteiger partial charge in [0.1, 0.15) is 0 Å². The summed E-state index contributed by atoms with van der Waals surface area (Å²) in [5.41, 5.74) is 2.09. The minimum absolute atomic E-state index is 0.274. The summed E-state index contributed by atoms with van der Waals surface area (Å²) in [6.07, 6.45) is 1.65. The smallest absolute Gasteiger partial charge is 0.337 e. The van der Waals surface area contributed by atoms with Gasteiger partial charge in [-0.25, -0.2) is 14.8 Å². The molecule has 2 aromatic rings. The third kappa shape index (κ3) is 1.44. The number of nitrogens with zero attached hydrogens (tertiary/aromatic N) is 2. The average Bonchev–Trinajstić information content (AvgIpc) is 2.17. The highest BCUT2D eigenvalue weighted by molar-refractivity contribution is 5.96. The summed E-state index contributed by atoms with van der Waals surface area (Å²) in [6, 6.07) is 3.61. The molecule has 0 aliphatic heterocycles. The van der Waals surface area contributed by atoms with Gasteiger partial charge in [-0.05, 0) is 31.5 Å². The summed E-state index contributed by atoms with van der Waals surface area (Å²) >= 11 is 0. The summed E-state index contributed by atoms with van der Waals surface area (Å²) in [5.74, 6) is -0.941. The van der Waals surface area contributed by atoms with Crippen molar-refractivity contribution in [3.05, 3.63) is 35.2 Å². The largest absolute Gasteiger partial charge is 0.478 e. The zero-order valence-corrected chi connectivity index (χ0v) is 8.48. The van der Waals surface area contributed by atoms with Gasteiger partial charge in [-0.1, -0.05) is 0 Å². The highest BCUT2D eigenvalue weighted by Crippen LogP contribution is 2.20. The molecule has 1 N–H and O–H groups in total. The normalized spacial score (nSPS) is 10.5. The van der Waals surface area contributed by atoms with E-state index < -0.39 is 5.97 Å². The number of hydrogen-bond donors (Lipinski definition) is 1. The molecule has 0 aliphatic rings. The van der Waals surface area contributed by atoms with Crippen LogP contribution in [0.15, 0.2) is 18.3 Å². The van der Waals surface area contributed by atoms with E-state index in [4.69, 9.17) is 5.11 Å². The van der Waals surface area contributed by atoms with Crippen LogP contribution in [0.4, 0.5) is 0 Å². The summed E-state index contributed by atoms with van der Waals surface area (Å²) < 4.78 is 0. The monoisotopic (exact) mass is 202 g/mol. The van der Waals surface area contributed by atoms with Gasteiger partial charge in [0, 0.05) is 11.6 Å². The molecule has 2 heterocycles. The number of aromatic nitrogens is 2. The molecular formula is C11H10N2O2. The van der Waals surface area contributed by atoms with Gasteiger partial charge in [0.25, 0.3) is 0 Å². The van der Waals surface area contributed by atoms with Gasteiger partial charge in [-0.15, -0.1) is 0 Å². The van der Waals surface area contributed by atoms with Crippen molar-refractivity contribution < 1.29 is 9.90 Å². The molecule has 4 heteroatoms. The summed E-state index contributed by atoms with van der Waals surface area (Å²) in [6.45, 7) is 3.46. The Labute approximate surface area is 86.6 Å². The van der Waals surface area contributed by atoms with Gasteiger partial charge in [-0.3, -0.25) is 0 Å². The van der Waals surface area contributed by atoms with Crippen LogP contribution in [0.1, 0.15) is 21.6 Å². The van der Waals surface area contributed by atoms with Crippen LogP contribution in [0.5, 0.6) is 0 Å². The maximum atomic E-state index is 11.0. The number of rotatable bonds is 1. The maximum Gasteiger partial charge on any atom is 0.337 e. The molecular weight excluding hydrogens is 192 g/mol. The molecule has 0 saturated heterocycles. The van der Waals surface area contributed by atoms with Crippen molar-refractivity contribution in [2.45, 2.75) is 13.8 Å². The second-order valence-electron chi connectivity index (χ2n) is 3.38. The van der Waals surface area contributed by atoms with Crippen molar-refractivity contribution in [1.82, 2.24) is 9.97 Å². The SMILES string of the molecule is Cc1nc2ncccc2c(C)c1C(=O)O. The van der Waals surface area contributed by atoms with E-state index in [0.717, 1.165) is 10.9 Å². The van der Waals surface area contributed by atoms with Crippen LogP contribution < -0.4 is 0 Å². The number of carbonyl (C=O) groups is 1. The van der Waals surface area contributed by atoms with E-state index in [0.29, 0.717) is 11.3 Å². The van der Waals surface area contributed by atoms with Crippen LogP contribution in [-0.2, 0) is 0 Å². The van der Waals surface area contributed by atoms with Crippen LogP contribution in [-0.4, -0.2) is 21.0 Å². The lowest BCUT2D eigenvalue weighted by Gasteiger charge is -2.07. The quantitative estimate of drug-likeness (QED) is 0.767. The first-order valence-corrected chi connectivity index (χ1v) is 4.56. The first-order valence-electron chi connectivity index (χ1n) is 4.56. The Bertz CT molecular complexity index is 550. The molecule has 4 nitrogen and oxygen atoms in total. The van der Waals surface area contributed by atoms with Gasteiger partial charge in [0.2, 0.25) is 0 Å². The molecule has 0 amide bonds. The maximum absolute atomic E-state index is 11.0. The molecule has 15 heavy (non-hydrogen) atoms. The van der Waals surface area contributed by atoms with Crippen molar-refractivity contribution in [1.29, 1.82) is 0 Å². The summed E-state index contributed by atoms with van der Waals surface area (Å²) in [5, 5.41) is 9.84. The molecule has 0 unspecified atom stereocenters. The Hall–Kier alpha value is -1.97. The highest BCUT2D eigenvalue weighted by Gasteiger charge is 2.15. The Morgan fingerprint density at radius 3 is 2.80 bits per heavy atom. The molecule has 0 spiro atoms. The molecule has 0 aliphatic carbocycles. The predicted octanol–water partition coefficient (Wildman–Crippen LogP) is 1.94. The zero-order chi connectivity index (χ0) is 11.0. The average molecular weight is 202 g/mol. The zero-order valence-electron chi connectivity index (χ0n) is 8.48. The number of carboxylic acid groups (broad SMARTS) is 1. The van der Waals surface area contributed by atoms with Crippen molar-refractivity contribution >= 4 is 17.0 Å². The highest BCUT2D eigenvalue weighted by atomic mass is 16.4. The lowest BCUT2D eigenvalue weighted by atomic mass is 10.0. The van der Waals surface area contributed by atoms with Crippen LogP contribution in [0.3, 0.4) is 0 Å². The number of aryl methyl sites for hydroxylation is 2. The fraction of sp³-hybridized carbons (Fsp3) is 0.182. The van der Waals surface area contributed by atoms with E-state index >= 15 is 0 Å². The van der Waals surface area contributed by atoms with Crippen molar-refractivity contribution in [2.75, 3.05) is 0 Å². The fourth-order valence-electron chi connectivity index (χ4n) is 1.71. The lowest BCUT2D eigenvalue weighted by Crippen LogP contribution is -2.06. The van der Waals surface area contributed by atoms with Crippen LogP contribution in [0.2, 0.25) is 0 Å². The predicted molar refractivity (Wildman–Crippen MR) is 56.0 cm³/mol. The summed E-state index contributed by atoms with van der Waals surface area (Å²) in [4.78, 5) is 19.3. The molecule has 0 aromatic carbocycles. The van der Waals surface area contributed by atoms with E-state index in [9.17, 15) is 4.79 Å². The molecule has 0 fully saturated rings. The van der Waals surface area contributed by atoms with Gasteiger partial charge in [0.05, 0.1) is 11.3 Å². The van der Waals surface area contributed by atoms with Crippen molar-refractivity contribution in [3.63, 3.8) is 0 Å². The molecule has 2 aromatic heterocycles. The minimum atomic E-state index is -0.941. The molecule has 0 saturated carbocycles. The van der Waals surface area contributed by atoms with Crippen molar-refractivity contribution in [2.24, 2.45) is 0 Å². The van der Waals surface area contributed by atoms with E-state index in [1.54, 1.807) is 26.1 Å². The van der Waals surface area contributed by atoms with Crippen LogP contribution >= 0.6 is 0 Å². The fourth-order valence-corrected chi connectivity index (χ4v) is 1.71. The van der Waals surface area contributed by atoms with Gasteiger partial charge in [0.15, 0.2) is 5.65 Å². The van der Waals surface area contributed by atoms with Crippen LogP contribution in [0, 0.1) is 13.8 Å². The summed E-state index contributed by atoms with van der Waals surface area (Å²) in [7, 11) is 0. The second-order valence-corrected chi connectivity index (χ2v) is 3.38. The van der Waals surface area contributed by atoms with Gasteiger partial charge >= 0.3 is 5.97 Å². The number of fused-ring (bicyclic) bond motifs is 1. The molecule has 0 bridgehead atoms. The van der Waals surface area contributed by atoms with E-state index in [2.05, 4.69) is 9.97 Å². The molecule has 0 atom stereocenters. The Morgan fingerprint density at radius 1 is 1.40 bits per heavy atom. The molecule has 0 radical (unpaired) electrons. The van der Waals surface area contributed by atoms with Crippen LogP contribution in [0.25, 0.3) is 11.0 Å². The lowest BCUT2D eigenvalue weighted by molar-refractivity contribution is 0.0695.